The van der Waals surface area contributed by atoms with Crippen LogP contribution in [0.1, 0.15) is 32.6 Å². The number of hydrogen-bond donors (Lipinski definition) is 1. The third-order valence-electron chi connectivity index (χ3n) is 3.88. The van der Waals surface area contributed by atoms with Crippen LogP contribution < -0.4 is 5.32 Å². The topological polar surface area (TPSA) is 32.3 Å². The van der Waals surface area contributed by atoms with E-state index in [0.29, 0.717) is 10.7 Å². The number of nitrogens with zero attached hydrogens (tertiary/aromatic N) is 1. The van der Waals surface area contributed by atoms with Gasteiger partial charge in [-0.2, -0.15) is 11.8 Å². The summed E-state index contributed by atoms with van der Waals surface area (Å²) in [6.45, 7) is 4.01. The number of amides is 1. The fourth-order valence-corrected chi connectivity index (χ4v) is 4.02. The maximum Gasteiger partial charge on any atom is 0.244 e. The van der Waals surface area contributed by atoms with Gasteiger partial charge in [-0.1, -0.05) is 0 Å². The Balaban J connectivity index is 1.66. The summed E-state index contributed by atoms with van der Waals surface area (Å²) < 4.78 is 0.317. The minimum atomic E-state index is -0.111. The number of carbonyl (C=O) groups excluding carboxylic acids is 1. The standard InChI is InChI=1S/C11H18N2OS/c1-10(3-2-6-15-10)7-13-8-12-11(4-5-11)9(13)14/h12H,2-8H2,1H3. The molecule has 1 unspecified atom stereocenters. The summed E-state index contributed by atoms with van der Waals surface area (Å²) in [5.41, 5.74) is -0.111. The summed E-state index contributed by atoms with van der Waals surface area (Å²) >= 11 is 2.03. The molecule has 3 aliphatic rings. The molecule has 0 aromatic heterocycles. The van der Waals surface area contributed by atoms with Crippen molar-refractivity contribution in [3.8, 4) is 0 Å². The van der Waals surface area contributed by atoms with Gasteiger partial charge in [-0.25, -0.2) is 0 Å². The Bertz CT molecular complexity index is 295. The molecular weight excluding hydrogens is 208 g/mol. The fraction of sp³-hybridized carbons (Fsp3) is 0.909. The van der Waals surface area contributed by atoms with Crippen molar-refractivity contribution in [3.63, 3.8) is 0 Å². The smallest absolute Gasteiger partial charge is 0.244 e. The van der Waals surface area contributed by atoms with Gasteiger partial charge < -0.3 is 4.90 Å². The first-order valence-corrected chi connectivity index (χ1v) is 6.81. The molecule has 0 aromatic carbocycles. The molecule has 1 N–H and O–H groups in total. The highest BCUT2D eigenvalue weighted by molar-refractivity contribution is 8.00. The van der Waals surface area contributed by atoms with Crippen LogP contribution in [-0.2, 0) is 4.79 Å². The van der Waals surface area contributed by atoms with Gasteiger partial charge in [0, 0.05) is 11.3 Å². The molecule has 1 saturated carbocycles. The summed E-state index contributed by atoms with van der Waals surface area (Å²) in [6.07, 6.45) is 4.66. The molecular formula is C11H18N2OS. The molecule has 0 radical (unpaired) electrons. The van der Waals surface area contributed by atoms with Gasteiger partial charge in [0.2, 0.25) is 5.91 Å². The summed E-state index contributed by atoms with van der Waals surface area (Å²) in [7, 11) is 0. The fourth-order valence-electron chi connectivity index (χ4n) is 2.71. The number of nitrogens with one attached hydrogen (secondary N) is 1. The van der Waals surface area contributed by atoms with Crippen LogP contribution in [0.3, 0.4) is 0 Å². The minimum absolute atomic E-state index is 0.111. The first-order valence-electron chi connectivity index (χ1n) is 5.82. The second kappa shape index (κ2) is 3.14. The predicted molar refractivity (Wildman–Crippen MR) is 61.8 cm³/mol. The van der Waals surface area contributed by atoms with Crippen molar-refractivity contribution in [1.29, 1.82) is 0 Å². The highest BCUT2D eigenvalue weighted by Crippen LogP contribution is 2.43. The molecule has 1 aliphatic carbocycles. The van der Waals surface area contributed by atoms with E-state index in [1.54, 1.807) is 0 Å². The molecule has 3 nitrogen and oxygen atoms in total. The summed E-state index contributed by atoms with van der Waals surface area (Å²) in [4.78, 5) is 14.1. The first-order chi connectivity index (χ1) is 7.14. The molecule has 2 heterocycles. The number of thioether (sulfide) groups is 1. The van der Waals surface area contributed by atoms with Gasteiger partial charge >= 0.3 is 0 Å². The Morgan fingerprint density at radius 1 is 1.47 bits per heavy atom. The lowest BCUT2D eigenvalue weighted by molar-refractivity contribution is -0.130. The zero-order chi connectivity index (χ0) is 10.5. The first kappa shape index (κ1) is 9.97. The van der Waals surface area contributed by atoms with Crippen LogP contribution in [0, 0.1) is 0 Å². The zero-order valence-corrected chi connectivity index (χ0v) is 10.0. The van der Waals surface area contributed by atoms with E-state index in [-0.39, 0.29) is 5.54 Å². The average molecular weight is 226 g/mol. The van der Waals surface area contributed by atoms with E-state index in [4.69, 9.17) is 0 Å². The van der Waals surface area contributed by atoms with Crippen LogP contribution in [0.2, 0.25) is 0 Å². The van der Waals surface area contributed by atoms with Crippen molar-refractivity contribution in [3.05, 3.63) is 0 Å². The monoisotopic (exact) mass is 226 g/mol. The van der Waals surface area contributed by atoms with Crippen LogP contribution in [0.25, 0.3) is 0 Å². The van der Waals surface area contributed by atoms with E-state index < -0.39 is 0 Å². The maximum atomic E-state index is 12.1. The van der Waals surface area contributed by atoms with E-state index in [0.717, 1.165) is 26.1 Å². The van der Waals surface area contributed by atoms with Gasteiger partial charge in [-0.15, -0.1) is 0 Å². The van der Waals surface area contributed by atoms with Gasteiger partial charge in [0.25, 0.3) is 0 Å². The van der Waals surface area contributed by atoms with Crippen molar-refractivity contribution >= 4 is 17.7 Å². The van der Waals surface area contributed by atoms with Gasteiger partial charge in [-0.05, 0) is 38.4 Å². The van der Waals surface area contributed by atoms with E-state index in [9.17, 15) is 4.79 Å². The molecule has 0 aromatic rings. The van der Waals surface area contributed by atoms with Crippen LogP contribution in [-0.4, -0.2) is 40.1 Å². The molecule has 1 spiro atoms. The average Bonchev–Trinajstić information content (AvgIpc) is 2.80. The Labute approximate surface area is 95.0 Å². The maximum absolute atomic E-state index is 12.1. The number of carbonyl (C=O) groups is 1. The largest absolute Gasteiger partial charge is 0.327 e. The van der Waals surface area contributed by atoms with Crippen LogP contribution >= 0.6 is 11.8 Å². The summed E-state index contributed by atoms with van der Waals surface area (Å²) in [5, 5.41) is 3.37. The number of rotatable bonds is 2. The molecule has 1 amide bonds. The lowest BCUT2D eigenvalue weighted by Gasteiger charge is -2.28. The Kier molecular flexibility index (Phi) is 2.09. The predicted octanol–water partition coefficient (Wildman–Crippen LogP) is 1.19. The van der Waals surface area contributed by atoms with Gasteiger partial charge in [0.1, 0.15) is 0 Å². The molecule has 3 rings (SSSR count). The van der Waals surface area contributed by atoms with Crippen molar-refractivity contribution < 1.29 is 4.79 Å². The summed E-state index contributed by atoms with van der Waals surface area (Å²) in [5.74, 6) is 1.62. The summed E-state index contributed by atoms with van der Waals surface area (Å²) in [6, 6.07) is 0. The van der Waals surface area contributed by atoms with Gasteiger partial charge in [-0.3, -0.25) is 10.1 Å². The Hall–Kier alpha value is -0.220. The Morgan fingerprint density at radius 2 is 2.27 bits per heavy atom. The van der Waals surface area contributed by atoms with Crippen LogP contribution in [0.15, 0.2) is 0 Å². The lowest BCUT2D eigenvalue weighted by atomic mass is 10.1. The molecule has 4 heteroatoms. The molecule has 3 fully saturated rings. The van der Waals surface area contributed by atoms with Crippen molar-refractivity contribution in [1.82, 2.24) is 10.2 Å². The van der Waals surface area contributed by atoms with Gasteiger partial charge in [0.15, 0.2) is 0 Å². The van der Waals surface area contributed by atoms with Crippen molar-refractivity contribution in [2.45, 2.75) is 42.9 Å². The van der Waals surface area contributed by atoms with E-state index in [2.05, 4.69) is 12.2 Å². The third-order valence-corrected chi connectivity index (χ3v) is 5.40. The van der Waals surface area contributed by atoms with Crippen molar-refractivity contribution in [2.24, 2.45) is 0 Å². The van der Waals surface area contributed by atoms with E-state index in [1.807, 2.05) is 16.7 Å². The van der Waals surface area contributed by atoms with Crippen LogP contribution in [0.5, 0.6) is 0 Å². The zero-order valence-electron chi connectivity index (χ0n) is 9.21. The third kappa shape index (κ3) is 1.58. The van der Waals surface area contributed by atoms with E-state index >= 15 is 0 Å². The molecule has 84 valence electrons. The normalized spacial score (nSPS) is 37.9. The second-order valence-corrected chi connectivity index (χ2v) is 7.00. The highest BCUT2D eigenvalue weighted by Gasteiger charge is 2.56. The second-order valence-electron chi connectivity index (χ2n) is 5.32. The molecule has 0 bridgehead atoms. The number of hydrogen-bond acceptors (Lipinski definition) is 3. The highest BCUT2D eigenvalue weighted by atomic mass is 32.2. The minimum Gasteiger partial charge on any atom is -0.327 e. The Morgan fingerprint density at radius 3 is 2.80 bits per heavy atom. The molecule has 1 atom stereocenters. The molecule has 2 aliphatic heterocycles. The lowest BCUT2D eigenvalue weighted by Crippen LogP contribution is -2.40. The quantitative estimate of drug-likeness (QED) is 0.768. The molecule has 15 heavy (non-hydrogen) atoms. The van der Waals surface area contributed by atoms with E-state index in [1.165, 1.54) is 18.6 Å². The van der Waals surface area contributed by atoms with Crippen molar-refractivity contribution in [2.75, 3.05) is 19.0 Å². The molecule has 2 saturated heterocycles. The SMILES string of the molecule is CC1(CN2CNC3(CC3)C2=O)CCCS1. The van der Waals surface area contributed by atoms with Gasteiger partial charge in [0.05, 0.1) is 12.2 Å². The van der Waals surface area contributed by atoms with Crippen LogP contribution in [0.4, 0.5) is 0 Å².